The Labute approximate surface area is 145 Å². The predicted octanol–water partition coefficient (Wildman–Crippen LogP) is 2.80. The zero-order valence-electron chi connectivity index (χ0n) is 14.0. The van der Waals surface area contributed by atoms with E-state index in [1.165, 1.54) is 12.1 Å². The average Bonchev–Trinajstić information content (AvgIpc) is 2.53. The lowest BCUT2D eigenvalue weighted by atomic mass is 10.2. The average molecular weight is 378 g/mol. The Hall–Kier alpha value is -1.87. The van der Waals surface area contributed by atoms with Crippen LogP contribution in [0.5, 0.6) is 0 Å². The van der Waals surface area contributed by atoms with Gasteiger partial charge in [0.1, 0.15) is 0 Å². The van der Waals surface area contributed by atoms with Crippen LogP contribution in [0.3, 0.4) is 0 Å². The van der Waals surface area contributed by atoms with Crippen molar-refractivity contribution in [1.82, 2.24) is 9.62 Å². The van der Waals surface area contributed by atoms with E-state index in [0.717, 1.165) is 12.1 Å². The zero-order valence-corrected chi connectivity index (χ0v) is 14.8. The topological polar surface area (TPSA) is 66.5 Å². The van der Waals surface area contributed by atoms with Crippen LogP contribution < -0.4 is 5.32 Å². The predicted molar refractivity (Wildman–Crippen MR) is 88.3 cm³/mol. The molecule has 9 heteroatoms. The van der Waals surface area contributed by atoms with Gasteiger partial charge < -0.3 is 5.32 Å². The van der Waals surface area contributed by atoms with Gasteiger partial charge in [0, 0.05) is 12.6 Å². The van der Waals surface area contributed by atoms with Crippen molar-refractivity contribution in [3.8, 4) is 0 Å². The minimum Gasteiger partial charge on any atom is -0.353 e. The van der Waals surface area contributed by atoms with E-state index >= 15 is 0 Å². The highest BCUT2D eigenvalue weighted by Gasteiger charge is 2.39. The van der Waals surface area contributed by atoms with Crippen LogP contribution in [0.1, 0.15) is 25.8 Å². The van der Waals surface area contributed by atoms with E-state index in [-0.39, 0.29) is 12.6 Å². The van der Waals surface area contributed by atoms with E-state index < -0.39 is 39.1 Å². The van der Waals surface area contributed by atoms with Gasteiger partial charge in [-0.1, -0.05) is 25.1 Å². The molecule has 0 aliphatic rings. The van der Waals surface area contributed by atoms with Gasteiger partial charge in [0.15, 0.2) is 0 Å². The third kappa shape index (κ3) is 5.57. The standard InChI is InChI=1S/C16H21F3N2O3S/c1-4-10-21(11-15(22)20-12(3)5-2)25(23,24)14-9-7-6-8-13(14)16(17,18)19/h4,6-9,12H,1,5,10-11H2,2-3H3,(H,20,22)/t12-/m0/s1. The van der Waals surface area contributed by atoms with Crippen LogP contribution in [0, 0.1) is 0 Å². The van der Waals surface area contributed by atoms with Crippen molar-refractivity contribution in [3.05, 3.63) is 42.5 Å². The van der Waals surface area contributed by atoms with Gasteiger partial charge in [-0.25, -0.2) is 8.42 Å². The maximum absolute atomic E-state index is 13.1. The van der Waals surface area contributed by atoms with E-state index in [2.05, 4.69) is 11.9 Å². The zero-order chi connectivity index (χ0) is 19.3. The maximum atomic E-state index is 13.1. The number of amides is 1. The third-order valence-electron chi connectivity index (χ3n) is 3.48. The van der Waals surface area contributed by atoms with E-state index in [1.54, 1.807) is 6.92 Å². The Morgan fingerprint density at radius 3 is 2.48 bits per heavy atom. The van der Waals surface area contributed by atoms with Crippen LogP contribution in [-0.4, -0.2) is 37.8 Å². The summed E-state index contributed by atoms with van der Waals surface area (Å²) < 4.78 is 65.4. The van der Waals surface area contributed by atoms with Crippen molar-refractivity contribution in [2.24, 2.45) is 0 Å². The molecule has 0 spiro atoms. The largest absolute Gasteiger partial charge is 0.417 e. The molecule has 0 bridgehead atoms. The van der Waals surface area contributed by atoms with E-state index in [4.69, 9.17) is 0 Å². The molecule has 5 nitrogen and oxygen atoms in total. The molecule has 1 amide bonds. The first-order valence-electron chi connectivity index (χ1n) is 7.60. The molecule has 1 rings (SSSR count). The maximum Gasteiger partial charge on any atom is 0.417 e. The highest BCUT2D eigenvalue weighted by atomic mass is 32.2. The number of halogens is 3. The quantitative estimate of drug-likeness (QED) is 0.708. The number of benzene rings is 1. The van der Waals surface area contributed by atoms with Crippen molar-refractivity contribution in [1.29, 1.82) is 0 Å². The van der Waals surface area contributed by atoms with Gasteiger partial charge >= 0.3 is 6.18 Å². The van der Waals surface area contributed by atoms with Gasteiger partial charge in [-0.3, -0.25) is 4.79 Å². The second-order valence-corrected chi connectivity index (χ2v) is 7.36. The Bertz CT molecular complexity index is 718. The minimum atomic E-state index is -4.83. The van der Waals surface area contributed by atoms with Crippen molar-refractivity contribution >= 4 is 15.9 Å². The van der Waals surface area contributed by atoms with Gasteiger partial charge in [-0.15, -0.1) is 6.58 Å². The number of rotatable bonds is 8. The molecular weight excluding hydrogens is 357 g/mol. The van der Waals surface area contributed by atoms with Crippen molar-refractivity contribution in [3.63, 3.8) is 0 Å². The van der Waals surface area contributed by atoms with Gasteiger partial charge in [0.25, 0.3) is 0 Å². The summed E-state index contributed by atoms with van der Waals surface area (Å²) in [7, 11) is -4.53. The number of nitrogens with one attached hydrogen (secondary N) is 1. The Morgan fingerprint density at radius 2 is 1.96 bits per heavy atom. The van der Waals surface area contributed by atoms with Crippen LogP contribution in [0.4, 0.5) is 13.2 Å². The Morgan fingerprint density at radius 1 is 1.36 bits per heavy atom. The van der Waals surface area contributed by atoms with Gasteiger partial charge in [0.05, 0.1) is 17.0 Å². The van der Waals surface area contributed by atoms with Crippen LogP contribution in [0.25, 0.3) is 0 Å². The molecule has 0 saturated carbocycles. The lowest BCUT2D eigenvalue weighted by Crippen LogP contribution is -2.43. The summed E-state index contributed by atoms with van der Waals surface area (Å²) >= 11 is 0. The molecule has 0 aliphatic carbocycles. The van der Waals surface area contributed by atoms with E-state index in [9.17, 15) is 26.4 Å². The summed E-state index contributed by atoms with van der Waals surface area (Å²) in [5.74, 6) is -0.593. The molecule has 140 valence electrons. The van der Waals surface area contributed by atoms with Gasteiger partial charge in [0.2, 0.25) is 15.9 Å². The lowest BCUT2D eigenvalue weighted by molar-refractivity contribution is -0.139. The van der Waals surface area contributed by atoms with Gasteiger partial charge in [-0.05, 0) is 25.5 Å². The fourth-order valence-corrected chi connectivity index (χ4v) is 3.62. The number of carbonyl (C=O) groups is 1. The monoisotopic (exact) mass is 378 g/mol. The minimum absolute atomic E-state index is 0.178. The third-order valence-corrected chi connectivity index (χ3v) is 5.35. The highest BCUT2D eigenvalue weighted by Crippen LogP contribution is 2.35. The summed E-state index contributed by atoms with van der Waals surface area (Å²) in [6, 6.07) is 3.70. The smallest absolute Gasteiger partial charge is 0.353 e. The lowest BCUT2D eigenvalue weighted by Gasteiger charge is -2.23. The first-order valence-corrected chi connectivity index (χ1v) is 9.04. The number of hydrogen-bond donors (Lipinski definition) is 1. The number of sulfonamides is 1. The van der Waals surface area contributed by atoms with Gasteiger partial charge in [-0.2, -0.15) is 17.5 Å². The molecule has 0 radical (unpaired) electrons. The van der Waals surface area contributed by atoms with Crippen molar-refractivity contribution in [2.45, 2.75) is 37.4 Å². The summed E-state index contributed by atoms with van der Waals surface area (Å²) in [4.78, 5) is 11.1. The Balaban J connectivity index is 3.23. The molecule has 0 aromatic heterocycles. The number of alkyl halides is 3. The van der Waals surface area contributed by atoms with E-state index in [1.807, 2.05) is 6.92 Å². The number of nitrogens with zero attached hydrogens (tertiary/aromatic N) is 1. The number of carbonyl (C=O) groups excluding carboxylic acids is 1. The second kappa shape index (κ2) is 8.48. The molecule has 1 aromatic rings. The van der Waals surface area contributed by atoms with Crippen molar-refractivity contribution < 1.29 is 26.4 Å². The molecule has 0 saturated heterocycles. The first kappa shape index (κ1) is 21.2. The molecule has 0 aliphatic heterocycles. The molecule has 25 heavy (non-hydrogen) atoms. The summed E-state index contributed by atoms with van der Waals surface area (Å²) in [5, 5.41) is 2.59. The molecule has 0 fully saturated rings. The summed E-state index contributed by atoms with van der Waals surface area (Å²) in [5.41, 5.74) is -1.27. The normalized spacial score (nSPS) is 13.5. The molecule has 0 heterocycles. The fraction of sp³-hybridized carbons (Fsp3) is 0.438. The highest BCUT2D eigenvalue weighted by molar-refractivity contribution is 7.89. The molecule has 1 atom stereocenters. The first-order chi connectivity index (χ1) is 11.5. The Kier molecular flexibility index (Phi) is 7.18. The molecule has 0 unspecified atom stereocenters. The SMILES string of the molecule is C=CCN(CC(=O)N[C@@H](C)CC)S(=O)(=O)c1ccccc1C(F)(F)F. The molecule has 1 N–H and O–H groups in total. The second-order valence-electron chi connectivity index (χ2n) is 5.46. The molecular formula is C16H21F3N2O3S. The van der Waals surface area contributed by atoms with E-state index in [0.29, 0.717) is 16.8 Å². The van der Waals surface area contributed by atoms with Crippen LogP contribution in [-0.2, 0) is 21.0 Å². The van der Waals surface area contributed by atoms with Crippen LogP contribution in [0.15, 0.2) is 41.8 Å². The fourth-order valence-electron chi connectivity index (χ4n) is 2.04. The summed E-state index contributed by atoms with van der Waals surface area (Å²) in [6.07, 6.45) is -2.98. The van der Waals surface area contributed by atoms with Crippen LogP contribution in [0.2, 0.25) is 0 Å². The summed E-state index contributed by atoms with van der Waals surface area (Å²) in [6.45, 7) is 6.10. The van der Waals surface area contributed by atoms with Crippen LogP contribution >= 0.6 is 0 Å². The molecule has 1 aromatic carbocycles. The number of hydrogen-bond acceptors (Lipinski definition) is 3. The van der Waals surface area contributed by atoms with Crippen molar-refractivity contribution in [2.75, 3.05) is 13.1 Å².